The molecule has 0 rings (SSSR count). The molecule has 0 atom stereocenters. The summed E-state index contributed by atoms with van der Waals surface area (Å²) in [5, 5.41) is 3.60. The minimum Gasteiger partial charge on any atom is -0.0937 e. The van der Waals surface area contributed by atoms with E-state index in [1.807, 2.05) is 0 Å². The van der Waals surface area contributed by atoms with Gasteiger partial charge in [0.1, 0.15) is 0 Å². The van der Waals surface area contributed by atoms with Gasteiger partial charge in [-0.05, 0) is 23.3 Å². The zero-order valence-electron chi connectivity index (χ0n) is 7.78. The molecule has 64 valence electrons. The van der Waals surface area contributed by atoms with Crippen LogP contribution in [-0.2, 0) is 0 Å². The molecular formula is C8H17N3. The Morgan fingerprint density at radius 3 is 1.91 bits per heavy atom. The Balaban J connectivity index is 3.99. The van der Waals surface area contributed by atoms with Gasteiger partial charge in [0.15, 0.2) is 0 Å². The van der Waals surface area contributed by atoms with E-state index in [-0.39, 0.29) is 0 Å². The van der Waals surface area contributed by atoms with Gasteiger partial charge in [-0.15, -0.1) is 0 Å². The molecule has 0 aromatic carbocycles. The zero-order chi connectivity index (χ0) is 8.85. The summed E-state index contributed by atoms with van der Waals surface area (Å²) in [6.45, 7) is 9.29. The van der Waals surface area contributed by atoms with Gasteiger partial charge in [0, 0.05) is 11.5 Å². The van der Waals surface area contributed by atoms with Crippen LogP contribution in [-0.4, -0.2) is 6.54 Å². The van der Waals surface area contributed by atoms with Crippen LogP contribution >= 0.6 is 0 Å². The van der Waals surface area contributed by atoms with Crippen LogP contribution in [0.4, 0.5) is 0 Å². The minimum absolute atomic E-state index is 0.519. The van der Waals surface area contributed by atoms with Gasteiger partial charge in [0.2, 0.25) is 0 Å². The van der Waals surface area contributed by atoms with Crippen molar-refractivity contribution in [3.63, 3.8) is 0 Å². The molecule has 0 aromatic heterocycles. The van der Waals surface area contributed by atoms with Crippen LogP contribution in [0, 0.1) is 17.8 Å². The molecule has 0 unspecified atom stereocenters. The molecule has 0 fully saturated rings. The molecule has 0 saturated heterocycles. The predicted octanol–water partition coefficient (Wildman–Crippen LogP) is 3.22. The minimum atomic E-state index is 0.519. The van der Waals surface area contributed by atoms with E-state index in [9.17, 15) is 0 Å². The third-order valence-electron chi connectivity index (χ3n) is 2.07. The van der Waals surface area contributed by atoms with Gasteiger partial charge in [-0.1, -0.05) is 32.8 Å². The highest BCUT2D eigenvalue weighted by atomic mass is 15.1. The van der Waals surface area contributed by atoms with Crippen LogP contribution in [0.5, 0.6) is 0 Å². The molecule has 3 nitrogen and oxygen atoms in total. The molecule has 0 aliphatic carbocycles. The van der Waals surface area contributed by atoms with Crippen LogP contribution in [0.25, 0.3) is 10.4 Å². The smallest absolute Gasteiger partial charge is 0.0291 e. The maximum atomic E-state index is 8.14. The zero-order valence-corrected chi connectivity index (χ0v) is 7.78. The van der Waals surface area contributed by atoms with Gasteiger partial charge < -0.3 is 0 Å². The fourth-order valence-electron chi connectivity index (χ4n) is 1.32. The van der Waals surface area contributed by atoms with Crippen molar-refractivity contribution < 1.29 is 0 Å². The lowest BCUT2D eigenvalue weighted by Gasteiger charge is -2.22. The van der Waals surface area contributed by atoms with Crippen molar-refractivity contribution in [2.75, 3.05) is 6.54 Å². The Bertz CT molecular complexity index is 137. The topological polar surface area (TPSA) is 48.8 Å². The van der Waals surface area contributed by atoms with Gasteiger partial charge in [-0.25, -0.2) is 0 Å². The van der Waals surface area contributed by atoms with E-state index in [1.54, 1.807) is 0 Å². The fraction of sp³-hybridized carbons (Fsp3) is 1.00. The molecule has 0 heterocycles. The van der Waals surface area contributed by atoms with Gasteiger partial charge >= 0.3 is 0 Å². The van der Waals surface area contributed by atoms with Crippen LogP contribution in [0.1, 0.15) is 27.7 Å². The largest absolute Gasteiger partial charge is 0.0937 e. The molecule has 0 saturated carbocycles. The molecule has 0 bridgehead atoms. The Hall–Kier alpha value is -0.690. The van der Waals surface area contributed by atoms with E-state index < -0.39 is 0 Å². The highest BCUT2D eigenvalue weighted by molar-refractivity contribution is 4.69. The SMILES string of the molecule is CC(C)C(CN=[N+]=[N-])C(C)C. The average Bonchev–Trinajstić information content (AvgIpc) is 1.87. The molecule has 0 aliphatic heterocycles. The Morgan fingerprint density at radius 1 is 1.18 bits per heavy atom. The van der Waals surface area contributed by atoms with Crippen molar-refractivity contribution in [3.8, 4) is 0 Å². The number of nitrogens with zero attached hydrogens (tertiary/aromatic N) is 3. The van der Waals surface area contributed by atoms with E-state index in [1.165, 1.54) is 0 Å². The van der Waals surface area contributed by atoms with Crippen molar-refractivity contribution in [1.29, 1.82) is 0 Å². The summed E-state index contributed by atoms with van der Waals surface area (Å²) in [4.78, 5) is 2.77. The summed E-state index contributed by atoms with van der Waals surface area (Å²) in [5.74, 6) is 1.71. The molecule has 0 aliphatic rings. The Labute approximate surface area is 68.4 Å². The quantitative estimate of drug-likeness (QED) is 0.340. The third-order valence-corrected chi connectivity index (χ3v) is 2.07. The summed E-state index contributed by atoms with van der Waals surface area (Å²) in [7, 11) is 0. The first-order valence-electron chi connectivity index (χ1n) is 4.10. The molecular weight excluding hydrogens is 138 g/mol. The van der Waals surface area contributed by atoms with E-state index in [0.717, 1.165) is 0 Å². The van der Waals surface area contributed by atoms with E-state index in [0.29, 0.717) is 24.3 Å². The molecule has 0 aromatic rings. The highest BCUT2D eigenvalue weighted by Gasteiger charge is 2.15. The average molecular weight is 155 g/mol. The third kappa shape index (κ3) is 3.89. The second kappa shape index (κ2) is 5.03. The fourth-order valence-corrected chi connectivity index (χ4v) is 1.32. The van der Waals surface area contributed by atoms with E-state index >= 15 is 0 Å². The number of azide groups is 1. The maximum absolute atomic E-state index is 8.14. The molecule has 0 N–H and O–H groups in total. The van der Waals surface area contributed by atoms with Crippen molar-refractivity contribution in [2.45, 2.75) is 27.7 Å². The van der Waals surface area contributed by atoms with Crippen LogP contribution in [0.15, 0.2) is 5.11 Å². The van der Waals surface area contributed by atoms with E-state index in [2.05, 4.69) is 37.7 Å². The molecule has 11 heavy (non-hydrogen) atoms. The van der Waals surface area contributed by atoms with Crippen LogP contribution in [0.3, 0.4) is 0 Å². The number of hydrogen-bond acceptors (Lipinski definition) is 1. The van der Waals surface area contributed by atoms with Crippen LogP contribution in [0.2, 0.25) is 0 Å². The summed E-state index contributed by atoms with van der Waals surface area (Å²) >= 11 is 0. The lowest BCUT2D eigenvalue weighted by Crippen LogP contribution is -2.18. The first kappa shape index (κ1) is 10.3. The van der Waals surface area contributed by atoms with E-state index in [4.69, 9.17) is 5.53 Å². The van der Waals surface area contributed by atoms with Gasteiger partial charge in [-0.3, -0.25) is 0 Å². The summed E-state index contributed by atoms with van der Waals surface area (Å²) in [5.41, 5.74) is 8.14. The molecule has 3 heteroatoms. The summed E-state index contributed by atoms with van der Waals surface area (Å²) in [6.07, 6.45) is 0. The lowest BCUT2D eigenvalue weighted by molar-refractivity contribution is 0.297. The van der Waals surface area contributed by atoms with Gasteiger partial charge in [0.05, 0.1) is 0 Å². The first-order valence-corrected chi connectivity index (χ1v) is 4.10. The second-order valence-corrected chi connectivity index (χ2v) is 3.57. The summed E-state index contributed by atoms with van der Waals surface area (Å²) in [6, 6.07) is 0. The van der Waals surface area contributed by atoms with Gasteiger partial charge in [-0.2, -0.15) is 0 Å². The normalized spacial score (nSPS) is 10.8. The molecule has 0 radical (unpaired) electrons. The summed E-state index contributed by atoms with van der Waals surface area (Å²) < 4.78 is 0. The highest BCUT2D eigenvalue weighted by Crippen LogP contribution is 2.20. The number of rotatable bonds is 4. The Morgan fingerprint density at radius 2 is 1.64 bits per heavy atom. The predicted molar refractivity (Wildman–Crippen MR) is 47.2 cm³/mol. The molecule has 0 spiro atoms. The van der Waals surface area contributed by atoms with Gasteiger partial charge in [0.25, 0.3) is 0 Å². The first-order chi connectivity index (χ1) is 5.09. The standard InChI is InChI=1S/C8H17N3/c1-6(2)8(7(3)4)5-10-11-9/h6-8H,5H2,1-4H3. The number of hydrogen-bond donors (Lipinski definition) is 0. The lowest BCUT2D eigenvalue weighted by atomic mass is 9.86. The van der Waals surface area contributed by atoms with Crippen molar-refractivity contribution in [1.82, 2.24) is 0 Å². The van der Waals surface area contributed by atoms with Crippen molar-refractivity contribution >= 4 is 0 Å². The van der Waals surface area contributed by atoms with Crippen molar-refractivity contribution in [3.05, 3.63) is 10.4 Å². The van der Waals surface area contributed by atoms with Crippen LogP contribution < -0.4 is 0 Å². The second-order valence-electron chi connectivity index (χ2n) is 3.57. The maximum Gasteiger partial charge on any atom is 0.0291 e. The monoisotopic (exact) mass is 155 g/mol. The molecule has 0 amide bonds. The van der Waals surface area contributed by atoms with Crippen molar-refractivity contribution in [2.24, 2.45) is 22.9 Å². The Kier molecular flexibility index (Phi) is 4.71.